The number of hydrogen-bond acceptors (Lipinski definition) is 3. The zero-order valence-electron chi connectivity index (χ0n) is 9.69. The molecule has 1 aliphatic heterocycles. The third-order valence-corrected chi connectivity index (χ3v) is 3.79. The Morgan fingerprint density at radius 2 is 2.00 bits per heavy atom. The lowest BCUT2D eigenvalue weighted by atomic mass is 10.0. The predicted octanol–water partition coefficient (Wildman–Crippen LogP) is 1.40. The molecule has 1 N–H and O–H groups in total. The molecule has 88 valence electrons. The van der Waals surface area contributed by atoms with Gasteiger partial charge >= 0.3 is 0 Å². The SMILES string of the molecule is CC1COCCN1C1CCCCCC1O. The second-order valence-electron chi connectivity index (χ2n) is 4.93. The van der Waals surface area contributed by atoms with Crippen molar-refractivity contribution >= 4 is 0 Å². The summed E-state index contributed by atoms with van der Waals surface area (Å²) in [6.07, 6.45) is 5.77. The van der Waals surface area contributed by atoms with Gasteiger partial charge in [0.05, 0.1) is 19.3 Å². The van der Waals surface area contributed by atoms with E-state index in [1.807, 2.05) is 0 Å². The van der Waals surface area contributed by atoms with Gasteiger partial charge in [0, 0.05) is 18.6 Å². The molecule has 2 aliphatic rings. The molecule has 1 aliphatic carbocycles. The fourth-order valence-electron chi connectivity index (χ4n) is 2.89. The quantitative estimate of drug-likeness (QED) is 0.668. The van der Waals surface area contributed by atoms with E-state index in [-0.39, 0.29) is 6.10 Å². The molecule has 0 aromatic rings. The minimum Gasteiger partial charge on any atom is -0.391 e. The number of ether oxygens (including phenoxy) is 1. The molecular formula is C12H23NO2. The maximum absolute atomic E-state index is 10.1. The molecule has 15 heavy (non-hydrogen) atoms. The molecule has 3 nitrogen and oxygen atoms in total. The van der Waals surface area contributed by atoms with Gasteiger partial charge in [-0.2, -0.15) is 0 Å². The average molecular weight is 213 g/mol. The van der Waals surface area contributed by atoms with Crippen LogP contribution in [-0.2, 0) is 4.74 Å². The number of aliphatic hydroxyl groups is 1. The van der Waals surface area contributed by atoms with E-state index in [0.29, 0.717) is 12.1 Å². The van der Waals surface area contributed by atoms with Gasteiger partial charge in [-0.25, -0.2) is 0 Å². The van der Waals surface area contributed by atoms with Crippen LogP contribution in [0.25, 0.3) is 0 Å². The normalized spacial score (nSPS) is 40.0. The number of hydrogen-bond donors (Lipinski definition) is 1. The van der Waals surface area contributed by atoms with E-state index >= 15 is 0 Å². The van der Waals surface area contributed by atoms with E-state index in [2.05, 4.69) is 11.8 Å². The van der Waals surface area contributed by atoms with Gasteiger partial charge in [0.2, 0.25) is 0 Å². The summed E-state index contributed by atoms with van der Waals surface area (Å²) >= 11 is 0. The zero-order chi connectivity index (χ0) is 10.7. The van der Waals surface area contributed by atoms with Crippen LogP contribution in [0.15, 0.2) is 0 Å². The number of nitrogens with zero attached hydrogens (tertiary/aromatic N) is 1. The standard InChI is InChI=1S/C12H23NO2/c1-10-9-15-8-7-13(10)11-5-3-2-4-6-12(11)14/h10-12,14H,2-9H2,1H3. The number of aliphatic hydroxyl groups excluding tert-OH is 1. The highest BCUT2D eigenvalue weighted by Gasteiger charge is 2.31. The van der Waals surface area contributed by atoms with E-state index in [9.17, 15) is 5.11 Å². The van der Waals surface area contributed by atoms with Gasteiger partial charge in [-0.3, -0.25) is 4.90 Å². The largest absolute Gasteiger partial charge is 0.391 e. The first-order valence-electron chi connectivity index (χ1n) is 6.30. The Balaban J connectivity index is 1.98. The van der Waals surface area contributed by atoms with Crippen molar-refractivity contribution < 1.29 is 9.84 Å². The van der Waals surface area contributed by atoms with Crippen molar-refractivity contribution in [1.82, 2.24) is 4.90 Å². The first-order valence-corrected chi connectivity index (χ1v) is 6.30. The number of morpholine rings is 1. The van der Waals surface area contributed by atoms with Gasteiger partial charge in [0.15, 0.2) is 0 Å². The molecule has 2 fully saturated rings. The molecule has 1 saturated carbocycles. The molecule has 3 atom stereocenters. The summed E-state index contributed by atoms with van der Waals surface area (Å²) in [6, 6.07) is 0.850. The van der Waals surface area contributed by atoms with E-state index in [4.69, 9.17) is 4.74 Å². The summed E-state index contributed by atoms with van der Waals surface area (Å²) < 4.78 is 5.45. The van der Waals surface area contributed by atoms with Crippen molar-refractivity contribution in [2.75, 3.05) is 19.8 Å². The molecule has 0 amide bonds. The minimum absolute atomic E-state index is 0.118. The van der Waals surface area contributed by atoms with Gasteiger partial charge in [0.1, 0.15) is 0 Å². The van der Waals surface area contributed by atoms with Crippen LogP contribution in [0.2, 0.25) is 0 Å². The van der Waals surface area contributed by atoms with Crippen LogP contribution in [0.5, 0.6) is 0 Å². The maximum atomic E-state index is 10.1. The monoisotopic (exact) mass is 213 g/mol. The maximum Gasteiger partial charge on any atom is 0.0695 e. The molecule has 0 aromatic carbocycles. The summed E-state index contributed by atoms with van der Waals surface area (Å²) in [5.74, 6) is 0. The Hall–Kier alpha value is -0.120. The van der Waals surface area contributed by atoms with Gasteiger partial charge in [-0.15, -0.1) is 0 Å². The van der Waals surface area contributed by atoms with Crippen molar-refractivity contribution in [1.29, 1.82) is 0 Å². The smallest absolute Gasteiger partial charge is 0.0695 e. The third-order valence-electron chi connectivity index (χ3n) is 3.79. The van der Waals surface area contributed by atoms with Crippen LogP contribution in [0.3, 0.4) is 0 Å². The second-order valence-corrected chi connectivity index (χ2v) is 4.93. The van der Waals surface area contributed by atoms with E-state index in [0.717, 1.165) is 32.6 Å². The zero-order valence-corrected chi connectivity index (χ0v) is 9.69. The Bertz CT molecular complexity index is 198. The van der Waals surface area contributed by atoms with Gasteiger partial charge in [-0.1, -0.05) is 19.3 Å². The molecule has 0 spiro atoms. The molecule has 1 saturated heterocycles. The molecular weight excluding hydrogens is 190 g/mol. The fourth-order valence-corrected chi connectivity index (χ4v) is 2.89. The lowest BCUT2D eigenvalue weighted by Crippen LogP contribution is -2.53. The topological polar surface area (TPSA) is 32.7 Å². The number of rotatable bonds is 1. The van der Waals surface area contributed by atoms with Crippen LogP contribution in [0.1, 0.15) is 39.0 Å². The average Bonchev–Trinajstić information content (AvgIpc) is 2.44. The van der Waals surface area contributed by atoms with Crippen LogP contribution in [0, 0.1) is 0 Å². The van der Waals surface area contributed by atoms with Crippen LogP contribution < -0.4 is 0 Å². The molecule has 0 aromatic heterocycles. The predicted molar refractivity (Wildman–Crippen MR) is 59.9 cm³/mol. The van der Waals surface area contributed by atoms with Crippen LogP contribution >= 0.6 is 0 Å². The molecule has 0 radical (unpaired) electrons. The Labute approximate surface area is 92.4 Å². The summed E-state index contributed by atoms with van der Waals surface area (Å²) in [5, 5.41) is 10.1. The summed E-state index contributed by atoms with van der Waals surface area (Å²) in [6.45, 7) is 4.84. The Morgan fingerprint density at radius 1 is 1.20 bits per heavy atom. The molecule has 2 rings (SSSR count). The van der Waals surface area contributed by atoms with Crippen LogP contribution in [-0.4, -0.2) is 48.0 Å². The summed E-state index contributed by atoms with van der Waals surface area (Å²) in [4.78, 5) is 2.46. The molecule has 1 heterocycles. The van der Waals surface area contributed by atoms with E-state index in [1.165, 1.54) is 19.3 Å². The highest BCUT2D eigenvalue weighted by molar-refractivity contribution is 4.86. The van der Waals surface area contributed by atoms with Gasteiger partial charge in [-0.05, 0) is 19.8 Å². The minimum atomic E-state index is -0.118. The van der Waals surface area contributed by atoms with Crippen molar-refractivity contribution in [3.05, 3.63) is 0 Å². The lowest BCUT2D eigenvalue weighted by Gasteiger charge is -2.41. The van der Waals surface area contributed by atoms with Crippen molar-refractivity contribution in [2.24, 2.45) is 0 Å². The first-order chi connectivity index (χ1) is 7.29. The molecule has 3 heteroatoms. The van der Waals surface area contributed by atoms with Gasteiger partial charge < -0.3 is 9.84 Å². The van der Waals surface area contributed by atoms with Crippen LogP contribution in [0.4, 0.5) is 0 Å². The van der Waals surface area contributed by atoms with Crippen molar-refractivity contribution in [3.63, 3.8) is 0 Å². The van der Waals surface area contributed by atoms with E-state index in [1.54, 1.807) is 0 Å². The summed E-state index contributed by atoms with van der Waals surface area (Å²) in [7, 11) is 0. The summed E-state index contributed by atoms with van der Waals surface area (Å²) in [5.41, 5.74) is 0. The van der Waals surface area contributed by atoms with Crippen molar-refractivity contribution in [2.45, 2.75) is 57.2 Å². The Kier molecular flexibility index (Phi) is 4.00. The van der Waals surface area contributed by atoms with Gasteiger partial charge in [0.25, 0.3) is 0 Å². The Morgan fingerprint density at radius 3 is 2.80 bits per heavy atom. The van der Waals surface area contributed by atoms with Crippen molar-refractivity contribution in [3.8, 4) is 0 Å². The fraction of sp³-hybridized carbons (Fsp3) is 1.00. The lowest BCUT2D eigenvalue weighted by molar-refractivity contribution is -0.0550. The first kappa shape index (κ1) is 11.4. The molecule has 0 bridgehead atoms. The van der Waals surface area contributed by atoms with E-state index < -0.39 is 0 Å². The molecule has 3 unspecified atom stereocenters. The highest BCUT2D eigenvalue weighted by atomic mass is 16.5. The third kappa shape index (κ3) is 2.71. The second kappa shape index (κ2) is 5.28. The highest BCUT2D eigenvalue weighted by Crippen LogP contribution is 2.25.